The molecule has 1 heterocycles. The highest BCUT2D eigenvalue weighted by atomic mass is 32.2. The van der Waals surface area contributed by atoms with E-state index < -0.39 is 10.0 Å². The third-order valence-corrected chi connectivity index (χ3v) is 8.65. The van der Waals surface area contributed by atoms with Gasteiger partial charge in [-0.15, -0.1) is 11.8 Å². The third-order valence-electron chi connectivity index (χ3n) is 5.48. The average Bonchev–Trinajstić information content (AvgIpc) is 2.95. The van der Waals surface area contributed by atoms with Crippen molar-refractivity contribution >= 4 is 33.4 Å². The third kappa shape index (κ3) is 5.23. The highest BCUT2D eigenvalue weighted by molar-refractivity contribution is 7.99. The molecule has 1 aliphatic heterocycles. The maximum atomic E-state index is 13.7. The van der Waals surface area contributed by atoms with Gasteiger partial charge in [0, 0.05) is 29.7 Å². The lowest BCUT2D eigenvalue weighted by molar-refractivity contribution is -0.118. The van der Waals surface area contributed by atoms with Gasteiger partial charge < -0.3 is 5.32 Å². The summed E-state index contributed by atoms with van der Waals surface area (Å²) in [7, 11) is -3.77. The van der Waals surface area contributed by atoms with E-state index in [0.717, 1.165) is 16.0 Å². The molecule has 32 heavy (non-hydrogen) atoms. The van der Waals surface area contributed by atoms with Gasteiger partial charge in [-0.1, -0.05) is 67.6 Å². The normalized spacial score (nSPS) is 16.3. The van der Waals surface area contributed by atoms with Gasteiger partial charge in [-0.05, 0) is 35.7 Å². The maximum Gasteiger partial charge on any atom is 0.243 e. The molecule has 0 radical (unpaired) electrons. The zero-order valence-corrected chi connectivity index (χ0v) is 19.5. The highest BCUT2D eigenvalue weighted by Gasteiger charge is 2.27. The quantitative estimate of drug-likeness (QED) is 0.543. The van der Waals surface area contributed by atoms with Crippen molar-refractivity contribution in [3.8, 4) is 0 Å². The summed E-state index contributed by atoms with van der Waals surface area (Å²) in [4.78, 5) is 13.4. The molecule has 0 bridgehead atoms. The molecule has 1 N–H and O–H groups in total. The molecule has 0 saturated heterocycles. The summed E-state index contributed by atoms with van der Waals surface area (Å²) in [6, 6.07) is 24.5. The van der Waals surface area contributed by atoms with Crippen molar-refractivity contribution < 1.29 is 13.2 Å². The van der Waals surface area contributed by atoms with E-state index in [1.54, 1.807) is 30.0 Å². The van der Waals surface area contributed by atoms with Gasteiger partial charge in [0.2, 0.25) is 15.9 Å². The average molecular weight is 467 g/mol. The lowest BCUT2D eigenvalue weighted by atomic mass is 10.1. The van der Waals surface area contributed by atoms with E-state index in [-0.39, 0.29) is 23.3 Å². The van der Waals surface area contributed by atoms with Crippen molar-refractivity contribution in [2.24, 2.45) is 5.92 Å². The van der Waals surface area contributed by atoms with Crippen molar-refractivity contribution in [1.82, 2.24) is 4.31 Å². The molecule has 1 atom stereocenters. The van der Waals surface area contributed by atoms with Gasteiger partial charge in [0.05, 0.1) is 10.6 Å². The summed E-state index contributed by atoms with van der Waals surface area (Å²) in [6.45, 7) is 2.51. The SMILES string of the molecule is C[C@H]1CSc2ccc(S(=O)(=O)N(CCc3ccccc3)Cc3ccccc3)cc2NC1=O. The zero-order chi connectivity index (χ0) is 22.6. The maximum absolute atomic E-state index is 13.7. The smallest absolute Gasteiger partial charge is 0.243 e. The van der Waals surface area contributed by atoms with E-state index in [1.165, 1.54) is 4.31 Å². The number of fused-ring (bicyclic) bond motifs is 1. The Labute approximate surface area is 193 Å². The van der Waals surface area contributed by atoms with Crippen LogP contribution >= 0.6 is 11.8 Å². The fourth-order valence-electron chi connectivity index (χ4n) is 3.56. The van der Waals surface area contributed by atoms with Crippen LogP contribution < -0.4 is 5.32 Å². The van der Waals surface area contributed by atoms with E-state index in [4.69, 9.17) is 0 Å². The number of benzene rings is 3. The van der Waals surface area contributed by atoms with Gasteiger partial charge in [-0.2, -0.15) is 4.31 Å². The topological polar surface area (TPSA) is 66.5 Å². The summed E-state index contributed by atoms with van der Waals surface area (Å²) >= 11 is 1.57. The van der Waals surface area contributed by atoms with Crippen LogP contribution in [0.2, 0.25) is 0 Å². The first-order chi connectivity index (χ1) is 15.4. The number of hydrogen-bond donors (Lipinski definition) is 1. The molecule has 3 aromatic rings. The summed E-state index contributed by atoms with van der Waals surface area (Å²) in [5, 5.41) is 2.89. The number of carbonyl (C=O) groups is 1. The van der Waals surface area contributed by atoms with Gasteiger partial charge in [0.25, 0.3) is 0 Å². The lowest BCUT2D eigenvalue weighted by Gasteiger charge is -2.23. The molecule has 4 rings (SSSR count). The van der Waals surface area contributed by atoms with Crippen molar-refractivity contribution in [2.45, 2.75) is 29.7 Å². The number of sulfonamides is 1. The number of nitrogens with one attached hydrogen (secondary N) is 1. The summed E-state index contributed by atoms with van der Waals surface area (Å²) in [6.07, 6.45) is 0.613. The van der Waals surface area contributed by atoms with Crippen LogP contribution in [0, 0.1) is 5.92 Å². The largest absolute Gasteiger partial charge is 0.325 e. The molecule has 5 nitrogen and oxygen atoms in total. The minimum absolute atomic E-state index is 0.0870. The predicted octanol–water partition coefficient (Wildman–Crippen LogP) is 4.80. The number of nitrogens with zero attached hydrogens (tertiary/aromatic N) is 1. The zero-order valence-electron chi connectivity index (χ0n) is 17.9. The Morgan fingerprint density at radius 3 is 2.31 bits per heavy atom. The Balaban J connectivity index is 1.64. The first-order valence-corrected chi connectivity index (χ1v) is 13.0. The van der Waals surface area contributed by atoms with Crippen LogP contribution in [-0.2, 0) is 27.8 Å². The molecular weight excluding hydrogens is 440 g/mol. The number of thioether (sulfide) groups is 1. The molecule has 166 valence electrons. The molecule has 7 heteroatoms. The van der Waals surface area contributed by atoms with Crippen LogP contribution in [0.15, 0.2) is 88.7 Å². The second-order valence-electron chi connectivity index (χ2n) is 7.92. The van der Waals surface area contributed by atoms with Crippen LogP contribution in [0.1, 0.15) is 18.1 Å². The number of amides is 1. The van der Waals surface area contributed by atoms with Crippen LogP contribution in [0.25, 0.3) is 0 Å². The van der Waals surface area contributed by atoms with Crippen molar-refractivity contribution in [1.29, 1.82) is 0 Å². The first-order valence-electron chi connectivity index (χ1n) is 10.6. The van der Waals surface area contributed by atoms with Crippen LogP contribution in [0.5, 0.6) is 0 Å². The van der Waals surface area contributed by atoms with Gasteiger partial charge in [0.1, 0.15) is 0 Å². The molecule has 0 spiro atoms. The molecular formula is C25H26N2O3S2. The van der Waals surface area contributed by atoms with Gasteiger partial charge in [0.15, 0.2) is 0 Å². The lowest BCUT2D eigenvalue weighted by Crippen LogP contribution is -2.32. The van der Waals surface area contributed by atoms with Crippen LogP contribution in [-0.4, -0.2) is 30.9 Å². The fraction of sp³-hybridized carbons (Fsp3) is 0.240. The van der Waals surface area contributed by atoms with Crippen LogP contribution in [0.4, 0.5) is 5.69 Å². The second kappa shape index (κ2) is 9.90. The molecule has 1 amide bonds. The summed E-state index contributed by atoms with van der Waals surface area (Å²) < 4.78 is 28.9. The van der Waals surface area contributed by atoms with E-state index in [9.17, 15) is 13.2 Å². The number of carbonyl (C=O) groups excluding carboxylic acids is 1. The Kier molecular flexibility index (Phi) is 6.98. The Morgan fingerprint density at radius 1 is 0.969 bits per heavy atom. The summed E-state index contributed by atoms with van der Waals surface area (Å²) in [5.74, 6) is 0.450. The molecule has 0 fully saturated rings. The van der Waals surface area contributed by atoms with E-state index >= 15 is 0 Å². The highest BCUT2D eigenvalue weighted by Crippen LogP contribution is 2.35. The standard InChI is InChI=1S/C25H26N2O3S2/c1-19-18-31-24-13-12-22(16-23(24)26-25(19)28)32(29,30)27(17-21-10-6-3-7-11-21)15-14-20-8-4-2-5-9-20/h2-13,16,19H,14-15,17-18H2,1H3,(H,26,28)/t19-/m0/s1. The van der Waals surface area contributed by atoms with Crippen LogP contribution in [0.3, 0.4) is 0 Å². The van der Waals surface area contributed by atoms with Crippen molar-refractivity contribution in [3.05, 3.63) is 90.0 Å². The Morgan fingerprint density at radius 2 is 1.62 bits per heavy atom. The molecule has 3 aromatic carbocycles. The Hall–Kier alpha value is -2.61. The van der Waals surface area contributed by atoms with Gasteiger partial charge in [-0.25, -0.2) is 8.42 Å². The number of hydrogen-bond acceptors (Lipinski definition) is 4. The van der Waals surface area contributed by atoms with Gasteiger partial charge >= 0.3 is 0 Å². The second-order valence-corrected chi connectivity index (χ2v) is 10.9. The number of rotatable bonds is 7. The Bertz CT molecular complexity index is 1180. The minimum atomic E-state index is -3.77. The first kappa shape index (κ1) is 22.6. The molecule has 1 aliphatic rings. The minimum Gasteiger partial charge on any atom is -0.325 e. The monoisotopic (exact) mass is 466 g/mol. The van der Waals surface area contributed by atoms with E-state index in [1.807, 2.05) is 67.6 Å². The molecule has 0 aliphatic carbocycles. The van der Waals surface area contributed by atoms with E-state index in [2.05, 4.69) is 5.32 Å². The fourth-order valence-corrected chi connectivity index (χ4v) is 6.02. The van der Waals surface area contributed by atoms with E-state index in [0.29, 0.717) is 24.4 Å². The van der Waals surface area contributed by atoms with Gasteiger partial charge in [-0.3, -0.25) is 4.79 Å². The van der Waals surface area contributed by atoms with Crippen molar-refractivity contribution in [2.75, 3.05) is 17.6 Å². The predicted molar refractivity (Wildman–Crippen MR) is 129 cm³/mol. The summed E-state index contributed by atoms with van der Waals surface area (Å²) in [5.41, 5.74) is 2.57. The number of anilines is 1. The van der Waals surface area contributed by atoms with Crippen molar-refractivity contribution in [3.63, 3.8) is 0 Å². The molecule has 0 unspecified atom stereocenters. The molecule has 0 aromatic heterocycles. The molecule has 0 saturated carbocycles.